The van der Waals surface area contributed by atoms with Gasteiger partial charge in [-0.15, -0.1) is 5.10 Å². The van der Waals surface area contributed by atoms with Crippen molar-refractivity contribution in [2.75, 3.05) is 24.3 Å². The zero-order chi connectivity index (χ0) is 18.5. The van der Waals surface area contributed by atoms with Crippen LogP contribution in [0.5, 0.6) is 11.5 Å². The lowest BCUT2D eigenvalue weighted by Gasteiger charge is -2.10. The van der Waals surface area contributed by atoms with Crippen molar-refractivity contribution in [3.05, 3.63) is 48.5 Å². The van der Waals surface area contributed by atoms with Crippen molar-refractivity contribution in [2.45, 2.75) is 11.6 Å². The molecule has 1 aliphatic heterocycles. The Balaban J connectivity index is 1.38. The number of thioether (sulfide) groups is 1. The molecule has 138 valence electrons. The minimum atomic E-state index is -0.155. The number of anilines is 1. The average Bonchev–Trinajstić information content (AvgIpc) is 3.04. The summed E-state index contributed by atoms with van der Waals surface area (Å²) in [6, 6.07) is 14.9. The van der Waals surface area contributed by atoms with Gasteiger partial charge in [0.1, 0.15) is 0 Å². The van der Waals surface area contributed by atoms with Crippen LogP contribution in [0.15, 0.2) is 53.7 Å². The fourth-order valence-corrected chi connectivity index (χ4v) is 3.26. The molecule has 0 spiro atoms. The Labute approximate surface area is 159 Å². The maximum Gasteiger partial charge on any atom is 0.234 e. The molecule has 0 aliphatic carbocycles. The second kappa shape index (κ2) is 8.09. The number of tetrazole rings is 1. The summed E-state index contributed by atoms with van der Waals surface area (Å²) in [7, 11) is 0. The molecule has 1 aromatic heterocycles. The van der Waals surface area contributed by atoms with Gasteiger partial charge in [-0.05, 0) is 34.7 Å². The minimum absolute atomic E-state index is 0.155. The van der Waals surface area contributed by atoms with Crippen molar-refractivity contribution in [3.8, 4) is 17.2 Å². The first kappa shape index (κ1) is 17.3. The fourth-order valence-electron chi connectivity index (χ4n) is 2.57. The minimum Gasteiger partial charge on any atom is -0.490 e. The highest BCUT2D eigenvalue weighted by Crippen LogP contribution is 2.32. The van der Waals surface area contributed by atoms with Gasteiger partial charge in [0.25, 0.3) is 0 Å². The number of fused-ring (bicyclic) bond motifs is 1. The third-order valence-corrected chi connectivity index (χ3v) is 4.72. The first-order valence-electron chi connectivity index (χ1n) is 8.46. The lowest BCUT2D eigenvalue weighted by Crippen LogP contribution is -2.14. The quantitative estimate of drug-likeness (QED) is 0.677. The summed E-state index contributed by atoms with van der Waals surface area (Å²) < 4.78 is 12.8. The fraction of sp³-hybridized carbons (Fsp3) is 0.222. The summed E-state index contributed by atoms with van der Waals surface area (Å²) >= 11 is 1.27. The number of nitrogens with one attached hydrogen (secondary N) is 1. The van der Waals surface area contributed by atoms with Gasteiger partial charge in [-0.2, -0.15) is 4.68 Å². The van der Waals surface area contributed by atoms with Crippen molar-refractivity contribution >= 4 is 23.4 Å². The van der Waals surface area contributed by atoms with Crippen molar-refractivity contribution in [1.82, 2.24) is 20.2 Å². The van der Waals surface area contributed by atoms with E-state index >= 15 is 0 Å². The molecule has 9 heteroatoms. The second-order valence-electron chi connectivity index (χ2n) is 5.76. The molecule has 1 N–H and O–H groups in total. The number of hydrogen-bond acceptors (Lipinski definition) is 7. The van der Waals surface area contributed by atoms with Gasteiger partial charge in [-0.3, -0.25) is 4.79 Å². The summed E-state index contributed by atoms with van der Waals surface area (Å²) in [5, 5.41) is 15.1. The molecule has 0 unspecified atom stereocenters. The van der Waals surface area contributed by atoms with Crippen LogP contribution >= 0.6 is 11.8 Å². The van der Waals surface area contributed by atoms with E-state index in [1.54, 1.807) is 22.9 Å². The van der Waals surface area contributed by atoms with Crippen LogP contribution < -0.4 is 14.8 Å². The summed E-state index contributed by atoms with van der Waals surface area (Å²) in [4.78, 5) is 12.3. The lowest BCUT2D eigenvalue weighted by atomic mass is 10.2. The third kappa shape index (κ3) is 4.20. The highest BCUT2D eigenvalue weighted by atomic mass is 32.2. The largest absolute Gasteiger partial charge is 0.490 e. The van der Waals surface area contributed by atoms with Crippen molar-refractivity contribution in [1.29, 1.82) is 0 Å². The molecule has 0 saturated heterocycles. The summed E-state index contributed by atoms with van der Waals surface area (Å²) in [5.74, 6) is 1.37. The maximum atomic E-state index is 12.3. The lowest BCUT2D eigenvalue weighted by molar-refractivity contribution is -0.113. The molecule has 1 amide bonds. The number of carbonyl (C=O) groups is 1. The van der Waals surface area contributed by atoms with Crippen LogP contribution in [-0.4, -0.2) is 45.1 Å². The Kier molecular flexibility index (Phi) is 5.20. The van der Waals surface area contributed by atoms with E-state index in [4.69, 9.17) is 9.47 Å². The monoisotopic (exact) mass is 383 g/mol. The van der Waals surface area contributed by atoms with Crippen LogP contribution in [-0.2, 0) is 4.79 Å². The molecule has 3 aromatic rings. The molecular weight excluding hydrogens is 366 g/mol. The zero-order valence-corrected chi connectivity index (χ0v) is 15.2. The van der Waals surface area contributed by atoms with Crippen LogP contribution in [0.1, 0.15) is 6.42 Å². The predicted molar refractivity (Wildman–Crippen MR) is 101 cm³/mol. The molecule has 4 rings (SSSR count). The van der Waals surface area contributed by atoms with Gasteiger partial charge in [-0.25, -0.2) is 0 Å². The van der Waals surface area contributed by atoms with E-state index in [9.17, 15) is 4.79 Å². The summed E-state index contributed by atoms with van der Waals surface area (Å²) in [6.07, 6.45) is 0.836. The van der Waals surface area contributed by atoms with Gasteiger partial charge in [0, 0.05) is 18.2 Å². The molecule has 0 atom stereocenters. The molecular formula is C18H17N5O3S. The summed E-state index contributed by atoms with van der Waals surface area (Å²) in [5.41, 5.74) is 1.50. The molecule has 0 fully saturated rings. The van der Waals surface area contributed by atoms with Crippen molar-refractivity contribution in [3.63, 3.8) is 0 Å². The summed E-state index contributed by atoms with van der Waals surface area (Å²) in [6.45, 7) is 1.23. The number of benzene rings is 2. The van der Waals surface area contributed by atoms with E-state index < -0.39 is 0 Å². The molecule has 27 heavy (non-hydrogen) atoms. The van der Waals surface area contributed by atoms with E-state index in [1.165, 1.54) is 11.8 Å². The zero-order valence-electron chi connectivity index (χ0n) is 14.4. The Morgan fingerprint density at radius 3 is 2.78 bits per heavy atom. The van der Waals surface area contributed by atoms with Crippen LogP contribution in [0, 0.1) is 0 Å². The van der Waals surface area contributed by atoms with Gasteiger partial charge < -0.3 is 14.8 Å². The average molecular weight is 383 g/mol. The van der Waals surface area contributed by atoms with Crippen LogP contribution in [0.2, 0.25) is 0 Å². The molecule has 2 heterocycles. The number of hydrogen-bond donors (Lipinski definition) is 1. The van der Waals surface area contributed by atoms with Gasteiger partial charge in [-0.1, -0.05) is 30.0 Å². The Bertz CT molecular complexity index is 932. The van der Waals surface area contributed by atoms with E-state index in [-0.39, 0.29) is 11.7 Å². The molecule has 0 bridgehead atoms. The van der Waals surface area contributed by atoms with Crippen LogP contribution in [0.3, 0.4) is 0 Å². The first-order chi connectivity index (χ1) is 13.3. The highest BCUT2D eigenvalue weighted by molar-refractivity contribution is 7.99. The van der Waals surface area contributed by atoms with Gasteiger partial charge in [0.2, 0.25) is 11.1 Å². The Morgan fingerprint density at radius 2 is 1.93 bits per heavy atom. The number of aromatic nitrogens is 4. The number of para-hydroxylation sites is 1. The molecule has 0 radical (unpaired) electrons. The smallest absolute Gasteiger partial charge is 0.234 e. The number of rotatable bonds is 5. The van der Waals surface area contributed by atoms with Gasteiger partial charge in [0.05, 0.1) is 24.7 Å². The maximum absolute atomic E-state index is 12.3. The molecule has 8 nitrogen and oxygen atoms in total. The Hall–Kier alpha value is -3.07. The number of amides is 1. The molecule has 0 saturated carbocycles. The number of ether oxygens (including phenoxy) is 2. The van der Waals surface area contributed by atoms with Gasteiger partial charge >= 0.3 is 0 Å². The molecule has 2 aromatic carbocycles. The second-order valence-corrected chi connectivity index (χ2v) is 6.70. The topological polar surface area (TPSA) is 91.2 Å². The highest BCUT2D eigenvalue weighted by Gasteiger charge is 2.14. The van der Waals surface area contributed by atoms with Crippen molar-refractivity contribution < 1.29 is 14.3 Å². The van der Waals surface area contributed by atoms with E-state index in [2.05, 4.69) is 20.8 Å². The van der Waals surface area contributed by atoms with E-state index in [1.807, 2.05) is 30.3 Å². The SMILES string of the molecule is O=C(CSc1nnnn1-c1ccccc1)Nc1ccc2c(c1)OCCCO2. The third-order valence-electron chi connectivity index (χ3n) is 3.81. The standard InChI is InChI=1S/C18H17N5O3S/c24-17(19-13-7-8-15-16(11-13)26-10-4-9-25-15)12-27-18-20-21-22-23(18)14-5-2-1-3-6-14/h1-3,5-8,11H,4,9-10,12H2,(H,19,24). The van der Waals surface area contributed by atoms with E-state index in [0.717, 1.165) is 12.1 Å². The van der Waals surface area contributed by atoms with Crippen LogP contribution in [0.25, 0.3) is 5.69 Å². The van der Waals surface area contributed by atoms with Crippen molar-refractivity contribution in [2.24, 2.45) is 0 Å². The predicted octanol–water partition coefficient (Wildman–Crippen LogP) is 2.55. The first-order valence-corrected chi connectivity index (χ1v) is 9.44. The molecule has 1 aliphatic rings. The number of carbonyl (C=O) groups excluding carboxylic acids is 1. The number of nitrogens with zero attached hydrogens (tertiary/aromatic N) is 4. The van der Waals surface area contributed by atoms with E-state index in [0.29, 0.717) is 35.6 Å². The van der Waals surface area contributed by atoms with Crippen LogP contribution in [0.4, 0.5) is 5.69 Å². The Morgan fingerprint density at radius 1 is 1.11 bits per heavy atom. The normalized spacial score (nSPS) is 13.0. The van der Waals surface area contributed by atoms with Gasteiger partial charge in [0.15, 0.2) is 11.5 Å².